The third-order valence-electron chi connectivity index (χ3n) is 3.31. The number of hydrogen-bond acceptors (Lipinski definition) is 4. The number of rotatable bonds is 10. The van der Waals surface area contributed by atoms with Crippen molar-refractivity contribution >= 4 is 11.8 Å². The Morgan fingerprint density at radius 2 is 2.00 bits per heavy atom. The molecule has 6 nitrogen and oxygen atoms in total. The Kier molecular flexibility index (Phi) is 8.75. The summed E-state index contributed by atoms with van der Waals surface area (Å²) >= 11 is 0. The average molecular weight is 321 g/mol. The molecule has 23 heavy (non-hydrogen) atoms. The zero-order valence-corrected chi connectivity index (χ0v) is 13.9. The zero-order chi connectivity index (χ0) is 17.1. The van der Waals surface area contributed by atoms with E-state index in [1.165, 1.54) is 6.92 Å². The van der Waals surface area contributed by atoms with Crippen molar-refractivity contribution in [3.8, 4) is 5.75 Å². The van der Waals surface area contributed by atoms with Crippen LogP contribution in [-0.4, -0.2) is 31.5 Å². The highest BCUT2D eigenvalue weighted by Gasteiger charge is 2.20. The summed E-state index contributed by atoms with van der Waals surface area (Å²) in [6.45, 7) is 5.07. The van der Waals surface area contributed by atoms with Crippen molar-refractivity contribution in [2.24, 2.45) is 5.73 Å². The minimum Gasteiger partial charge on any atom is -0.494 e. The van der Waals surface area contributed by atoms with Gasteiger partial charge in [-0.2, -0.15) is 0 Å². The quantitative estimate of drug-likeness (QED) is 0.569. The Bertz CT molecular complexity index is 506. The third-order valence-corrected chi connectivity index (χ3v) is 3.31. The largest absolute Gasteiger partial charge is 0.494 e. The molecular weight excluding hydrogens is 294 g/mol. The lowest BCUT2D eigenvalue weighted by molar-refractivity contribution is -0.122. The van der Waals surface area contributed by atoms with E-state index in [4.69, 9.17) is 10.5 Å². The molecule has 1 rings (SSSR count). The molecule has 0 aliphatic carbocycles. The maximum absolute atomic E-state index is 12.1. The summed E-state index contributed by atoms with van der Waals surface area (Å²) in [6, 6.07) is 7.03. The fourth-order valence-corrected chi connectivity index (χ4v) is 2.29. The van der Waals surface area contributed by atoms with Crippen LogP contribution in [0.15, 0.2) is 24.3 Å². The number of carbonyl (C=O) groups is 2. The zero-order valence-electron chi connectivity index (χ0n) is 13.9. The van der Waals surface area contributed by atoms with Crippen molar-refractivity contribution in [3.05, 3.63) is 29.8 Å². The van der Waals surface area contributed by atoms with E-state index in [0.717, 1.165) is 18.4 Å². The number of nitrogens with two attached hydrogens (primary N) is 1. The molecule has 0 saturated heterocycles. The number of carbonyl (C=O) groups excluding carboxylic acids is 2. The topological polar surface area (TPSA) is 93.4 Å². The molecule has 1 aromatic rings. The maximum atomic E-state index is 12.1. The van der Waals surface area contributed by atoms with Gasteiger partial charge in [-0.3, -0.25) is 9.59 Å². The molecular formula is C17H27N3O3. The molecule has 0 aliphatic heterocycles. The van der Waals surface area contributed by atoms with Gasteiger partial charge in [0, 0.05) is 19.0 Å². The molecule has 1 aromatic carbocycles. The van der Waals surface area contributed by atoms with Crippen LogP contribution in [0.1, 0.15) is 44.7 Å². The predicted molar refractivity (Wildman–Crippen MR) is 90.1 cm³/mol. The van der Waals surface area contributed by atoms with E-state index in [9.17, 15) is 9.59 Å². The van der Waals surface area contributed by atoms with E-state index >= 15 is 0 Å². The highest BCUT2D eigenvalue weighted by Crippen LogP contribution is 2.27. The Morgan fingerprint density at radius 1 is 1.26 bits per heavy atom. The standard InChI is InChI=1S/C17H27N3O3/c1-3-23-16-9-5-4-8-14(16)15(20-13(2)21)12-17(22)19-11-7-6-10-18/h4-5,8-9,15H,3,6-7,10-12,18H2,1-2H3,(H,19,22)(H,20,21). The van der Waals surface area contributed by atoms with E-state index in [0.29, 0.717) is 25.4 Å². The lowest BCUT2D eigenvalue weighted by Crippen LogP contribution is -2.33. The highest BCUT2D eigenvalue weighted by atomic mass is 16.5. The molecule has 0 aromatic heterocycles. The summed E-state index contributed by atoms with van der Waals surface area (Å²) in [6.07, 6.45) is 1.90. The first-order valence-corrected chi connectivity index (χ1v) is 8.04. The molecule has 0 radical (unpaired) electrons. The maximum Gasteiger partial charge on any atom is 0.222 e. The van der Waals surface area contributed by atoms with Gasteiger partial charge in [0.25, 0.3) is 0 Å². The van der Waals surface area contributed by atoms with Gasteiger partial charge in [0.15, 0.2) is 0 Å². The van der Waals surface area contributed by atoms with E-state index < -0.39 is 6.04 Å². The highest BCUT2D eigenvalue weighted by molar-refractivity contribution is 5.79. The van der Waals surface area contributed by atoms with Gasteiger partial charge in [0.1, 0.15) is 5.75 Å². The summed E-state index contributed by atoms with van der Waals surface area (Å²) < 4.78 is 5.60. The first kappa shape index (κ1) is 19.0. The van der Waals surface area contributed by atoms with Crippen molar-refractivity contribution in [2.45, 2.75) is 39.2 Å². The molecule has 0 heterocycles. The number of hydrogen-bond donors (Lipinski definition) is 3. The van der Waals surface area contributed by atoms with Crippen molar-refractivity contribution in [1.29, 1.82) is 0 Å². The van der Waals surface area contributed by atoms with Crippen molar-refractivity contribution < 1.29 is 14.3 Å². The lowest BCUT2D eigenvalue weighted by Gasteiger charge is -2.21. The van der Waals surface area contributed by atoms with Crippen LogP contribution in [0.4, 0.5) is 0 Å². The van der Waals surface area contributed by atoms with Gasteiger partial charge in [-0.1, -0.05) is 18.2 Å². The third kappa shape index (κ3) is 7.15. The number of ether oxygens (including phenoxy) is 1. The van der Waals surface area contributed by atoms with E-state index in [1.54, 1.807) is 0 Å². The summed E-state index contributed by atoms with van der Waals surface area (Å²) in [4.78, 5) is 23.6. The van der Waals surface area contributed by atoms with Crippen LogP contribution in [0.3, 0.4) is 0 Å². The second-order valence-corrected chi connectivity index (χ2v) is 5.27. The molecule has 1 unspecified atom stereocenters. The minimum atomic E-state index is -0.412. The van der Waals surface area contributed by atoms with E-state index in [2.05, 4.69) is 10.6 Å². The number of para-hydroxylation sites is 1. The van der Waals surface area contributed by atoms with E-state index in [-0.39, 0.29) is 18.2 Å². The van der Waals surface area contributed by atoms with Crippen LogP contribution in [0, 0.1) is 0 Å². The van der Waals surface area contributed by atoms with Gasteiger partial charge in [-0.15, -0.1) is 0 Å². The van der Waals surface area contributed by atoms with Gasteiger partial charge < -0.3 is 21.1 Å². The predicted octanol–water partition coefficient (Wildman–Crippen LogP) is 1.51. The van der Waals surface area contributed by atoms with Crippen LogP contribution in [0.5, 0.6) is 5.75 Å². The summed E-state index contributed by atoms with van der Waals surface area (Å²) in [7, 11) is 0. The number of unbranched alkanes of at least 4 members (excludes halogenated alkanes) is 1. The molecule has 6 heteroatoms. The first-order valence-electron chi connectivity index (χ1n) is 8.04. The van der Waals surface area contributed by atoms with Crippen LogP contribution >= 0.6 is 0 Å². The number of amides is 2. The SMILES string of the molecule is CCOc1ccccc1C(CC(=O)NCCCCN)NC(C)=O. The monoisotopic (exact) mass is 321 g/mol. The molecule has 0 bridgehead atoms. The van der Waals surface area contributed by atoms with Crippen LogP contribution < -0.4 is 21.1 Å². The lowest BCUT2D eigenvalue weighted by atomic mass is 10.0. The Morgan fingerprint density at radius 3 is 2.65 bits per heavy atom. The Hall–Kier alpha value is -2.08. The van der Waals surface area contributed by atoms with Gasteiger partial charge >= 0.3 is 0 Å². The molecule has 0 aliphatic rings. The summed E-state index contributed by atoms with van der Waals surface area (Å²) in [5.41, 5.74) is 6.24. The van der Waals surface area contributed by atoms with E-state index in [1.807, 2.05) is 31.2 Å². The molecule has 0 spiro atoms. The van der Waals surface area contributed by atoms with Gasteiger partial charge in [0.2, 0.25) is 11.8 Å². The van der Waals surface area contributed by atoms with Crippen molar-refractivity contribution in [3.63, 3.8) is 0 Å². The second kappa shape index (κ2) is 10.6. The Balaban J connectivity index is 2.76. The van der Waals surface area contributed by atoms with Crippen LogP contribution in [0.25, 0.3) is 0 Å². The Labute approximate surface area is 137 Å². The molecule has 128 valence electrons. The molecule has 0 fully saturated rings. The second-order valence-electron chi connectivity index (χ2n) is 5.27. The smallest absolute Gasteiger partial charge is 0.222 e. The van der Waals surface area contributed by atoms with Gasteiger partial charge in [0.05, 0.1) is 19.1 Å². The van der Waals surface area contributed by atoms with Crippen LogP contribution in [0.2, 0.25) is 0 Å². The summed E-state index contributed by atoms with van der Waals surface area (Å²) in [5, 5.41) is 5.68. The number of nitrogens with one attached hydrogen (secondary N) is 2. The molecule has 0 saturated carbocycles. The normalized spacial score (nSPS) is 11.6. The molecule has 2 amide bonds. The van der Waals surface area contributed by atoms with Gasteiger partial charge in [-0.05, 0) is 32.4 Å². The minimum absolute atomic E-state index is 0.105. The fourth-order valence-electron chi connectivity index (χ4n) is 2.29. The summed E-state index contributed by atoms with van der Waals surface area (Å²) in [5.74, 6) is 0.397. The molecule has 1 atom stereocenters. The van der Waals surface area contributed by atoms with Crippen molar-refractivity contribution in [1.82, 2.24) is 10.6 Å². The van der Waals surface area contributed by atoms with Gasteiger partial charge in [-0.25, -0.2) is 0 Å². The number of benzene rings is 1. The van der Waals surface area contributed by atoms with Crippen LogP contribution in [-0.2, 0) is 9.59 Å². The fraction of sp³-hybridized carbons (Fsp3) is 0.529. The molecule has 4 N–H and O–H groups in total. The first-order chi connectivity index (χ1) is 11.1. The van der Waals surface area contributed by atoms with Crippen molar-refractivity contribution in [2.75, 3.05) is 19.7 Å². The average Bonchev–Trinajstić information content (AvgIpc) is 2.51.